The van der Waals surface area contributed by atoms with Gasteiger partial charge in [0.1, 0.15) is 12.2 Å². The summed E-state index contributed by atoms with van der Waals surface area (Å²) in [5, 5.41) is 48.6. The molecule has 0 aliphatic rings. The van der Waals surface area contributed by atoms with Gasteiger partial charge in [-0.2, -0.15) is 0 Å². The molecule has 0 aliphatic carbocycles. The van der Waals surface area contributed by atoms with Gasteiger partial charge < -0.3 is 30.8 Å². The molecule has 1 amide bonds. The van der Waals surface area contributed by atoms with Crippen LogP contribution in [0.1, 0.15) is 84.0 Å². The molecular weight excluding hydrogens is 378 g/mol. The molecule has 29 heavy (non-hydrogen) atoms. The zero-order chi connectivity index (χ0) is 22.1. The second-order valence-corrected chi connectivity index (χ2v) is 7.44. The summed E-state index contributed by atoms with van der Waals surface area (Å²) in [7, 11) is 0. The van der Waals surface area contributed by atoms with E-state index in [2.05, 4.69) is 12.2 Å². The Kier molecular flexibility index (Phi) is 16.5. The predicted octanol–water partition coefficient (Wildman–Crippen LogP) is 1.85. The molecule has 0 heterocycles. The number of allylic oxidation sites excluding steroid dienone is 1. The van der Waals surface area contributed by atoms with Crippen molar-refractivity contribution >= 4 is 11.9 Å². The van der Waals surface area contributed by atoms with Gasteiger partial charge in [0.15, 0.2) is 12.2 Å². The predicted molar refractivity (Wildman–Crippen MR) is 110 cm³/mol. The Morgan fingerprint density at radius 3 is 1.69 bits per heavy atom. The number of carbonyl (C=O) groups is 2. The fraction of sp³-hybridized carbons (Fsp3) is 0.810. The van der Waals surface area contributed by atoms with E-state index in [9.17, 15) is 24.9 Å². The highest BCUT2D eigenvalue weighted by Gasteiger charge is 2.37. The molecular formula is C21H39NO7. The minimum absolute atomic E-state index is 0.760. The van der Waals surface area contributed by atoms with Gasteiger partial charge in [-0.15, -0.1) is 0 Å². The van der Waals surface area contributed by atoms with Crippen molar-refractivity contribution in [3.05, 3.63) is 12.3 Å². The van der Waals surface area contributed by atoms with Gasteiger partial charge >= 0.3 is 5.97 Å². The van der Waals surface area contributed by atoms with E-state index in [-0.39, 0.29) is 0 Å². The molecule has 8 nitrogen and oxygen atoms in total. The summed E-state index contributed by atoms with van der Waals surface area (Å²) in [6.45, 7) is 2.22. The Balaban J connectivity index is 3.76. The molecule has 0 rings (SSSR count). The van der Waals surface area contributed by atoms with Gasteiger partial charge in [0.25, 0.3) is 5.91 Å². The number of carboxylic acids is 1. The van der Waals surface area contributed by atoms with Crippen LogP contribution in [0, 0.1) is 0 Å². The average molecular weight is 418 g/mol. The number of carboxylic acid groups (broad SMARTS) is 1. The lowest BCUT2D eigenvalue weighted by molar-refractivity contribution is -0.166. The minimum Gasteiger partial charge on any atom is -0.479 e. The van der Waals surface area contributed by atoms with E-state index in [0.717, 1.165) is 19.3 Å². The Morgan fingerprint density at radius 2 is 1.21 bits per heavy atom. The lowest BCUT2D eigenvalue weighted by atomic mass is 10.0. The average Bonchev–Trinajstić information content (AvgIpc) is 2.71. The Hall–Kier alpha value is -1.48. The molecule has 0 aromatic heterocycles. The number of hydrogen-bond donors (Lipinski definition) is 6. The second kappa shape index (κ2) is 17.4. The van der Waals surface area contributed by atoms with Crippen molar-refractivity contribution in [3.8, 4) is 0 Å². The molecule has 0 saturated carbocycles. The zero-order valence-electron chi connectivity index (χ0n) is 17.5. The molecule has 8 heteroatoms. The highest BCUT2D eigenvalue weighted by Crippen LogP contribution is 2.12. The van der Waals surface area contributed by atoms with Crippen molar-refractivity contribution in [1.29, 1.82) is 0 Å². The number of nitrogens with one attached hydrogen (secondary N) is 1. The maximum absolute atomic E-state index is 11.7. The van der Waals surface area contributed by atoms with Crippen LogP contribution in [0.25, 0.3) is 0 Å². The second-order valence-electron chi connectivity index (χ2n) is 7.44. The lowest BCUT2D eigenvalue weighted by Gasteiger charge is -2.23. The molecule has 0 unspecified atom stereocenters. The number of aliphatic carboxylic acids is 1. The van der Waals surface area contributed by atoms with E-state index in [1.54, 1.807) is 6.08 Å². The number of unbranched alkanes of at least 4 members (excludes halogenated alkanes) is 11. The summed E-state index contributed by atoms with van der Waals surface area (Å²) in [6, 6.07) is 0. The van der Waals surface area contributed by atoms with Crippen LogP contribution in [-0.4, -0.2) is 61.8 Å². The van der Waals surface area contributed by atoms with Gasteiger partial charge in [-0.1, -0.05) is 77.2 Å². The fourth-order valence-corrected chi connectivity index (χ4v) is 2.91. The number of aliphatic hydroxyl groups is 4. The van der Waals surface area contributed by atoms with Crippen LogP contribution >= 0.6 is 0 Å². The maximum atomic E-state index is 11.7. The van der Waals surface area contributed by atoms with Crippen molar-refractivity contribution in [2.24, 2.45) is 0 Å². The molecule has 0 bridgehead atoms. The molecule has 0 aliphatic heterocycles. The summed E-state index contributed by atoms with van der Waals surface area (Å²) in [5.41, 5.74) is 0. The fourth-order valence-electron chi connectivity index (χ4n) is 2.91. The van der Waals surface area contributed by atoms with E-state index in [0.29, 0.717) is 0 Å². The summed E-state index contributed by atoms with van der Waals surface area (Å²) in [6.07, 6.45) is 8.89. The van der Waals surface area contributed by atoms with E-state index in [1.165, 1.54) is 64.0 Å². The number of amides is 1. The van der Waals surface area contributed by atoms with Crippen LogP contribution in [0.15, 0.2) is 12.3 Å². The van der Waals surface area contributed by atoms with Gasteiger partial charge in [-0.3, -0.25) is 4.79 Å². The number of hydrogen-bond acceptors (Lipinski definition) is 6. The van der Waals surface area contributed by atoms with Crippen LogP contribution in [0.3, 0.4) is 0 Å². The third-order valence-corrected chi connectivity index (χ3v) is 4.84. The Bertz CT molecular complexity index is 470. The quantitative estimate of drug-likeness (QED) is 0.186. The minimum atomic E-state index is -2.30. The topological polar surface area (TPSA) is 147 Å². The summed E-state index contributed by atoms with van der Waals surface area (Å²) < 4.78 is 0. The van der Waals surface area contributed by atoms with Crippen molar-refractivity contribution < 1.29 is 35.1 Å². The highest BCUT2D eigenvalue weighted by molar-refractivity contribution is 5.82. The molecule has 4 atom stereocenters. The van der Waals surface area contributed by atoms with Gasteiger partial charge in [-0.05, 0) is 19.0 Å². The van der Waals surface area contributed by atoms with E-state index in [4.69, 9.17) is 10.2 Å². The van der Waals surface area contributed by atoms with Gasteiger partial charge in [0.05, 0.1) is 0 Å². The largest absolute Gasteiger partial charge is 0.479 e. The van der Waals surface area contributed by atoms with Gasteiger partial charge in [0.2, 0.25) is 0 Å². The molecule has 170 valence electrons. The molecule has 6 N–H and O–H groups in total. The normalized spacial score (nSPS) is 15.8. The molecule has 0 fully saturated rings. The van der Waals surface area contributed by atoms with Crippen molar-refractivity contribution in [3.63, 3.8) is 0 Å². The maximum Gasteiger partial charge on any atom is 0.335 e. The van der Waals surface area contributed by atoms with Crippen molar-refractivity contribution in [1.82, 2.24) is 5.32 Å². The van der Waals surface area contributed by atoms with Crippen LogP contribution in [0.4, 0.5) is 0 Å². The van der Waals surface area contributed by atoms with Crippen LogP contribution in [0.2, 0.25) is 0 Å². The first kappa shape index (κ1) is 27.5. The molecule has 0 aromatic carbocycles. The SMILES string of the molecule is CCCCCCCCCCCCC/C=C/NC(=O)[C@@H](O)[C@H](O)[C@@H](O)[C@@H](O)C(=O)O. The first-order valence-corrected chi connectivity index (χ1v) is 10.7. The van der Waals surface area contributed by atoms with Crippen molar-refractivity contribution in [2.45, 2.75) is 108 Å². The lowest BCUT2D eigenvalue weighted by Crippen LogP contribution is -2.52. The van der Waals surface area contributed by atoms with Crippen LogP contribution in [-0.2, 0) is 9.59 Å². The van der Waals surface area contributed by atoms with E-state index >= 15 is 0 Å². The zero-order valence-corrected chi connectivity index (χ0v) is 17.5. The summed E-state index contributed by atoms with van der Waals surface area (Å²) >= 11 is 0. The monoisotopic (exact) mass is 417 g/mol. The molecule has 0 spiro atoms. The smallest absolute Gasteiger partial charge is 0.335 e. The standard InChI is InChI=1S/C21H39NO7/c1-2-3-4-5-6-7-8-9-10-11-12-13-14-15-22-20(27)18(25)16(23)17(24)19(26)21(28)29/h14-19,23-26H,2-13H2,1H3,(H,22,27)(H,28,29)/b15-14+/t16-,17-,18+,19-/m1/s1. The van der Waals surface area contributed by atoms with Gasteiger partial charge in [0, 0.05) is 0 Å². The Morgan fingerprint density at radius 1 is 0.759 bits per heavy atom. The first-order chi connectivity index (χ1) is 13.8. The van der Waals surface area contributed by atoms with Crippen LogP contribution in [0.5, 0.6) is 0 Å². The molecule has 0 aromatic rings. The number of carbonyl (C=O) groups excluding carboxylic acids is 1. The number of rotatable bonds is 18. The first-order valence-electron chi connectivity index (χ1n) is 10.7. The van der Waals surface area contributed by atoms with Crippen LogP contribution < -0.4 is 5.32 Å². The Labute approximate surface area is 173 Å². The summed E-state index contributed by atoms with van der Waals surface area (Å²) in [5.74, 6) is -2.76. The highest BCUT2D eigenvalue weighted by atomic mass is 16.4. The van der Waals surface area contributed by atoms with Crippen molar-refractivity contribution in [2.75, 3.05) is 0 Å². The molecule has 0 radical (unpaired) electrons. The van der Waals surface area contributed by atoms with E-state index < -0.39 is 36.3 Å². The third kappa shape index (κ3) is 13.4. The van der Waals surface area contributed by atoms with Gasteiger partial charge in [-0.25, -0.2) is 4.79 Å². The summed E-state index contributed by atoms with van der Waals surface area (Å²) in [4.78, 5) is 22.2. The molecule has 0 saturated heterocycles. The van der Waals surface area contributed by atoms with E-state index in [1.807, 2.05) is 0 Å². The number of aliphatic hydroxyl groups excluding tert-OH is 4. The third-order valence-electron chi connectivity index (χ3n) is 4.84.